The maximum atomic E-state index is 13.5. The molecular formula is C30H32F3N5O4S. The molecule has 0 spiro atoms. The van der Waals surface area contributed by atoms with Crippen LogP contribution in [0.15, 0.2) is 65.8 Å². The molecule has 2 aromatic carbocycles. The second-order valence-corrected chi connectivity index (χ2v) is 13.4. The average Bonchev–Trinajstić information content (AvgIpc) is 3.43. The molecule has 1 aliphatic heterocycles. The van der Waals surface area contributed by atoms with Gasteiger partial charge in [0.25, 0.3) is 0 Å². The zero-order valence-corrected chi connectivity index (χ0v) is 24.6. The summed E-state index contributed by atoms with van der Waals surface area (Å²) < 4.78 is 73.5. The van der Waals surface area contributed by atoms with Crippen LogP contribution in [0, 0.1) is 5.92 Å². The molecule has 1 fully saturated rings. The molecule has 1 aliphatic carbocycles. The van der Waals surface area contributed by atoms with E-state index in [0.29, 0.717) is 17.5 Å². The Morgan fingerprint density at radius 1 is 1.14 bits per heavy atom. The van der Waals surface area contributed by atoms with Gasteiger partial charge in [-0.2, -0.15) is 17.5 Å². The zero-order valence-electron chi connectivity index (χ0n) is 23.8. The molecular weight excluding hydrogens is 583 g/mol. The van der Waals surface area contributed by atoms with Crippen molar-refractivity contribution in [2.75, 3.05) is 13.7 Å². The van der Waals surface area contributed by atoms with Gasteiger partial charge in [-0.05, 0) is 60.2 Å². The Hall–Kier alpha value is -3.65. The van der Waals surface area contributed by atoms with Gasteiger partial charge >= 0.3 is 12.1 Å². The number of halogens is 3. The van der Waals surface area contributed by atoms with Crippen LogP contribution in [0.25, 0.3) is 5.69 Å². The monoisotopic (exact) mass is 615 g/mol. The Bertz CT molecular complexity index is 1680. The Morgan fingerprint density at radius 2 is 1.93 bits per heavy atom. The maximum Gasteiger partial charge on any atom is 0.416 e. The molecule has 43 heavy (non-hydrogen) atoms. The number of fused-ring (bicyclic) bond motifs is 1. The average molecular weight is 616 g/mol. The Labute approximate surface area is 248 Å². The van der Waals surface area contributed by atoms with Crippen molar-refractivity contribution in [2.45, 2.75) is 49.2 Å². The quantitative estimate of drug-likeness (QED) is 0.242. The molecule has 2 aliphatic rings. The number of hydrogen-bond donors (Lipinski definition) is 2. The molecule has 0 bridgehead atoms. The van der Waals surface area contributed by atoms with E-state index >= 15 is 0 Å². The molecule has 0 saturated heterocycles. The highest BCUT2D eigenvalue weighted by molar-refractivity contribution is 8.22. The number of aryl methyl sites for hydroxylation is 1. The van der Waals surface area contributed by atoms with Gasteiger partial charge in [-0.15, -0.1) is 15.9 Å². The molecule has 228 valence electrons. The van der Waals surface area contributed by atoms with E-state index in [1.165, 1.54) is 17.5 Å². The maximum absolute atomic E-state index is 13.5. The number of carbonyl (C=O) groups excluding carboxylic acids is 1. The van der Waals surface area contributed by atoms with E-state index in [1.807, 2.05) is 48.1 Å². The van der Waals surface area contributed by atoms with Crippen LogP contribution in [0.3, 0.4) is 0 Å². The van der Waals surface area contributed by atoms with Crippen molar-refractivity contribution in [2.24, 2.45) is 13.0 Å². The van der Waals surface area contributed by atoms with E-state index in [9.17, 15) is 27.1 Å². The molecule has 2 unspecified atom stereocenters. The molecule has 4 aromatic rings. The molecule has 2 N–H and O–H groups in total. The number of ether oxygens (including phenoxy) is 1. The van der Waals surface area contributed by atoms with Crippen LogP contribution in [0.4, 0.5) is 13.2 Å². The van der Waals surface area contributed by atoms with Gasteiger partial charge in [-0.25, -0.2) is 4.79 Å². The highest BCUT2D eigenvalue weighted by Crippen LogP contribution is 2.57. The van der Waals surface area contributed by atoms with Crippen molar-refractivity contribution < 1.29 is 31.8 Å². The molecule has 3 atom stereocenters. The van der Waals surface area contributed by atoms with Gasteiger partial charge < -0.3 is 9.30 Å². The lowest BCUT2D eigenvalue weighted by atomic mass is 9.99. The largest absolute Gasteiger partial charge is 0.465 e. The van der Waals surface area contributed by atoms with Crippen molar-refractivity contribution in [1.29, 1.82) is 0 Å². The van der Waals surface area contributed by atoms with E-state index in [1.54, 1.807) is 17.8 Å². The van der Waals surface area contributed by atoms with Crippen molar-refractivity contribution in [3.8, 4) is 5.69 Å². The normalized spacial score (nSPS) is 22.5. The van der Waals surface area contributed by atoms with Gasteiger partial charge in [0.05, 0.1) is 28.8 Å². The summed E-state index contributed by atoms with van der Waals surface area (Å²) in [6, 6.07) is 12.4. The Morgan fingerprint density at radius 3 is 2.63 bits per heavy atom. The lowest BCUT2D eigenvalue weighted by Crippen LogP contribution is -2.30. The lowest BCUT2D eigenvalue weighted by Gasteiger charge is -2.43. The first-order valence-corrected chi connectivity index (χ1v) is 15.4. The van der Waals surface area contributed by atoms with Crippen LogP contribution in [-0.2, 0) is 30.9 Å². The number of carbonyl (C=O) groups is 1. The fourth-order valence-corrected chi connectivity index (χ4v) is 7.90. The van der Waals surface area contributed by atoms with Gasteiger partial charge in [-0.3, -0.25) is 13.8 Å². The molecule has 9 nitrogen and oxygen atoms in total. The summed E-state index contributed by atoms with van der Waals surface area (Å²) in [5.41, 5.74) is 3.18. The fourth-order valence-electron chi connectivity index (χ4n) is 6.04. The van der Waals surface area contributed by atoms with Crippen LogP contribution in [0.2, 0.25) is 0 Å². The Kier molecular flexibility index (Phi) is 7.40. The molecule has 3 heterocycles. The van der Waals surface area contributed by atoms with Gasteiger partial charge in [-0.1, -0.05) is 30.3 Å². The van der Waals surface area contributed by atoms with Crippen molar-refractivity contribution >= 4 is 16.7 Å². The minimum atomic E-state index is -4.60. The number of hydrogen-bond acceptors (Lipinski definition) is 7. The zero-order chi connectivity index (χ0) is 30.7. The number of benzene rings is 2. The number of esters is 1. The minimum absolute atomic E-state index is 0.0159. The number of alkyl halides is 3. The van der Waals surface area contributed by atoms with E-state index in [0.717, 1.165) is 41.2 Å². The van der Waals surface area contributed by atoms with Gasteiger partial charge in [0, 0.05) is 55.7 Å². The second kappa shape index (κ2) is 10.8. The highest BCUT2D eigenvalue weighted by atomic mass is 32.3. The summed E-state index contributed by atoms with van der Waals surface area (Å²) in [6.07, 6.45) is 0.290. The molecule has 6 rings (SSSR count). The second-order valence-electron chi connectivity index (χ2n) is 11.4. The molecule has 0 radical (unpaired) electrons. The first-order valence-electron chi connectivity index (χ1n) is 13.9. The van der Waals surface area contributed by atoms with E-state index in [2.05, 4.69) is 10.3 Å². The summed E-state index contributed by atoms with van der Waals surface area (Å²) >= 11 is 0. The van der Waals surface area contributed by atoms with Crippen LogP contribution in [0.5, 0.6) is 0 Å². The molecule has 0 amide bonds. The first-order chi connectivity index (χ1) is 20.4. The van der Waals surface area contributed by atoms with Crippen molar-refractivity contribution in [3.05, 3.63) is 94.6 Å². The standard InChI is InChI=1S/C30H32F3N5O4S/c1-18-11-20-7-8-21(30(31,32)33)13-27(20)43(40,41)37(15-18)16-19-5-4-6-22(12-19)38-10-9-23(29(39)42-3)28(38)25-14-24(25)26-17-36(2)35-34-26/h4-10,12-13,17-18,24-25,40-41H,11,14-16H2,1-3H3/t18-,24?,25?/m0/s1. The van der Waals surface area contributed by atoms with E-state index in [4.69, 9.17) is 4.74 Å². The van der Waals surface area contributed by atoms with Crippen LogP contribution >= 0.6 is 10.8 Å². The number of nitrogens with zero attached hydrogens (tertiary/aromatic N) is 5. The fraction of sp³-hybridized carbons (Fsp3) is 0.367. The number of rotatable bonds is 6. The van der Waals surface area contributed by atoms with Crippen LogP contribution in [-0.4, -0.2) is 52.6 Å². The number of methoxy groups -OCH3 is 1. The third kappa shape index (κ3) is 5.57. The van der Waals surface area contributed by atoms with E-state index < -0.39 is 28.5 Å². The van der Waals surface area contributed by atoms with Gasteiger partial charge in [0.2, 0.25) is 0 Å². The summed E-state index contributed by atoms with van der Waals surface area (Å²) in [5, 5.41) is 8.29. The topological polar surface area (TPSA) is 106 Å². The summed E-state index contributed by atoms with van der Waals surface area (Å²) in [7, 11) is -0.576. The van der Waals surface area contributed by atoms with Crippen LogP contribution in [0.1, 0.15) is 63.6 Å². The molecule has 1 saturated carbocycles. The molecule has 2 aromatic heterocycles. The molecule has 13 heteroatoms. The lowest BCUT2D eigenvalue weighted by molar-refractivity contribution is -0.137. The van der Waals surface area contributed by atoms with Gasteiger partial charge in [0.15, 0.2) is 0 Å². The predicted octanol–water partition coefficient (Wildman–Crippen LogP) is 6.40. The summed E-state index contributed by atoms with van der Waals surface area (Å²) in [6.45, 7) is 2.32. The third-order valence-electron chi connectivity index (χ3n) is 8.15. The summed E-state index contributed by atoms with van der Waals surface area (Å²) in [4.78, 5) is 12.6. The SMILES string of the molecule is COC(=O)c1ccn(-c2cccc(CN3C[C@@H](C)Cc4ccc(C(F)(F)F)cc4S3(O)O)c2)c1C1CC1c1cn(C)nn1. The van der Waals surface area contributed by atoms with Crippen LogP contribution < -0.4 is 0 Å². The number of aromatic nitrogens is 4. The minimum Gasteiger partial charge on any atom is -0.465 e. The first kappa shape index (κ1) is 29.4. The Balaban J connectivity index is 1.33. The van der Waals surface area contributed by atoms with E-state index in [-0.39, 0.29) is 35.7 Å². The predicted molar refractivity (Wildman–Crippen MR) is 154 cm³/mol. The highest BCUT2D eigenvalue weighted by Gasteiger charge is 2.45. The third-order valence-corrected chi connectivity index (χ3v) is 10.1. The smallest absolute Gasteiger partial charge is 0.416 e. The van der Waals surface area contributed by atoms with Gasteiger partial charge in [0.1, 0.15) is 0 Å². The van der Waals surface area contributed by atoms with Crippen molar-refractivity contribution in [1.82, 2.24) is 23.9 Å². The van der Waals surface area contributed by atoms with Crippen molar-refractivity contribution in [3.63, 3.8) is 0 Å². The summed E-state index contributed by atoms with van der Waals surface area (Å²) in [5.74, 6) is -0.359.